The maximum Gasteiger partial charge on any atom is 0.258 e. The second kappa shape index (κ2) is 5.66. The molecule has 2 atom stereocenters. The van der Waals surface area contributed by atoms with E-state index in [-0.39, 0.29) is 34.8 Å². The van der Waals surface area contributed by atoms with Gasteiger partial charge in [0.15, 0.2) is 0 Å². The molecule has 2 saturated heterocycles. The van der Waals surface area contributed by atoms with Crippen LogP contribution in [-0.4, -0.2) is 45.9 Å². The highest BCUT2D eigenvalue weighted by molar-refractivity contribution is 6.00. The fourth-order valence-corrected chi connectivity index (χ4v) is 3.65. The standard InChI is InChI=1S/C17H17F2N3O2/c1-21-7-12(16(20-21)15-13(18)3-2-4-14(15)19)17(23)22-10-5-6-11(22)9-24-8-10/h2-4,7,10-11H,5-6,8-9H2,1H3. The highest BCUT2D eigenvalue weighted by Gasteiger charge is 2.42. The smallest absolute Gasteiger partial charge is 0.258 e. The van der Waals surface area contributed by atoms with Crippen molar-refractivity contribution >= 4 is 5.91 Å². The van der Waals surface area contributed by atoms with E-state index in [1.807, 2.05) is 0 Å². The lowest BCUT2D eigenvalue weighted by Crippen LogP contribution is -2.49. The van der Waals surface area contributed by atoms with E-state index in [1.54, 1.807) is 11.9 Å². The lowest BCUT2D eigenvalue weighted by Gasteiger charge is -2.34. The second-order valence-corrected chi connectivity index (χ2v) is 6.30. The molecule has 2 unspecified atom stereocenters. The largest absolute Gasteiger partial charge is 0.377 e. The molecule has 1 amide bonds. The minimum atomic E-state index is -0.729. The van der Waals surface area contributed by atoms with Crippen LogP contribution >= 0.6 is 0 Å². The van der Waals surface area contributed by atoms with Crippen LogP contribution in [0.2, 0.25) is 0 Å². The molecule has 3 heterocycles. The number of rotatable bonds is 2. The molecule has 0 saturated carbocycles. The number of carbonyl (C=O) groups is 1. The van der Waals surface area contributed by atoms with Crippen molar-refractivity contribution in [3.63, 3.8) is 0 Å². The summed E-state index contributed by atoms with van der Waals surface area (Å²) in [7, 11) is 1.63. The molecule has 1 aromatic carbocycles. The van der Waals surface area contributed by atoms with Gasteiger partial charge in [0.1, 0.15) is 17.3 Å². The van der Waals surface area contributed by atoms with Crippen molar-refractivity contribution in [3.05, 3.63) is 41.6 Å². The summed E-state index contributed by atoms with van der Waals surface area (Å²) in [5.74, 6) is -1.70. The first-order chi connectivity index (χ1) is 11.6. The quantitative estimate of drug-likeness (QED) is 0.848. The Bertz CT molecular complexity index is 769. The Morgan fingerprint density at radius 1 is 1.21 bits per heavy atom. The van der Waals surface area contributed by atoms with Gasteiger partial charge in [-0.3, -0.25) is 9.48 Å². The molecule has 0 radical (unpaired) electrons. The van der Waals surface area contributed by atoms with Gasteiger partial charge >= 0.3 is 0 Å². The van der Waals surface area contributed by atoms with Crippen LogP contribution in [0.3, 0.4) is 0 Å². The van der Waals surface area contributed by atoms with Crippen molar-refractivity contribution < 1.29 is 18.3 Å². The Kier molecular flexibility index (Phi) is 3.60. The zero-order valence-corrected chi connectivity index (χ0v) is 13.2. The van der Waals surface area contributed by atoms with Crippen LogP contribution in [0.25, 0.3) is 11.3 Å². The molecule has 0 spiro atoms. The number of morpholine rings is 1. The van der Waals surface area contributed by atoms with Gasteiger partial charge in [0.2, 0.25) is 0 Å². The van der Waals surface area contributed by atoms with Gasteiger partial charge in [0.05, 0.1) is 36.4 Å². The van der Waals surface area contributed by atoms with Crippen LogP contribution in [0.1, 0.15) is 23.2 Å². The number of amides is 1. The van der Waals surface area contributed by atoms with Crippen LogP contribution in [0.15, 0.2) is 24.4 Å². The van der Waals surface area contributed by atoms with Crippen LogP contribution in [0.5, 0.6) is 0 Å². The van der Waals surface area contributed by atoms with E-state index >= 15 is 0 Å². The predicted molar refractivity (Wildman–Crippen MR) is 82.4 cm³/mol. The molecule has 0 N–H and O–H groups in total. The van der Waals surface area contributed by atoms with Gasteiger partial charge in [-0.05, 0) is 25.0 Å². The highest BCUT2D eigenvalue weighted by Crippen LogP contribution is 2.34. The molecule has 0 aliphatic carbocycles. The number of benzene rings is 1. The lowest BCUT2D eigenvalue weighted by atomic mass is 10.0. The summed E-state index contributed by atoms with van der Waals surface area (Å²) in [5.41, 5.74) is 0.00588. The monoisotopic (exact) mass is 333 g/mol. The normalized spacial score (nSPS) is 22.9. The first-order valence-electron chi connectivity index (χ1n) is 7.94. The molecule has 5 nitrogen and oxygen atoms in total. The fraction of sp³-hybridized carbons (Fsp3) is 0.412. The number of aromatic nitrogens is 2. The summed E-state index contributed by atoms with van der Waals surface area (Å²) in [6.07, 6.45) is 3.30. The van der Waals surface area contributed by atoms with E-state index < -0.39 is 11.6 Å². The Morgan fingerprint density at radius 3 is 2.46 bits per heavy atom. The Balaban J connectivity index is 1.79. The first-order valence-corrected chi connectivity index (χ1v) is 7.94. The third-order valence-corrected chi connectivity index (χ3v) is 4.73. The lowest BCUT2D eigenvalue weighted by molar-refractivity contribution is -0.00712. The fourth-order valence-electron chi connectivity index (χ4n) is 3.65. The number of ether oxygens (including phenoxy) is 1. The molecule has 7 heteroatoms. The third kappa shape index (κ3) is 2.31. The maximum atomic E-state index is 14.2. The summed E-state index contributed by atoms with van der Waals surface area (Å²) in [5, 5.41) is 4.15. The number of aryl methyl sites for hydroxylation is 1. The van der Waals surface area contributed by atoms with Gasteiger partial charge in [-0.1, -0.05) is 6.07 Å². The molecule has 2 aliphatic rings. The topological polar surface area (TPSA) is 47.4 Å². The van der Waals surface area contributed by atoms with Gasteiger partial charge in [0, 0.05) is 13.2 Å². The molecular weight excluding hydrogens is 316 g/mol. The summed E-state index contributed by atoms with van der Waals surface area (Å²) in [4.78, 5) is 14.9. The molecule has 2 fully saturated rings. The SMILES string of the molecule is Cn1cc(C(=O)N2C3CCC2COC3)c(-c2c(F)cccc2F)n1. The van der Waals surface area contributed by atoms with Gasteiger partial charge in [-0.15, -0.1) is 0 Å². The number of carbonyl (C=O) groups excluding carboxylic acids is 1. The van der Waals surface area contributed by atoms with Crippen molar-refractivity contribution in [2.45, 2.75) is 24.9 Å². The number of fused-ring (bicyclic) bond motifs is 2. The first kappa shape index (κ1) is 15.3. The van der Waals surface area contributed by atoms with Crippen LogP contribution in [-0.2, 0) is 11.8 Å². The zero-order chi connectivity index (χ0) is 16.8. The van der Waals surface area contributed by atoms with E-state index in [2.05, 4.69) is 5.10 Å². The van der Waals surface area contributed by atoms with Crippen LogP contribution < -0.4 is 0 Å². The van der Waals surface area contributed by atoms with E-state index in [4.69, 9.17) is 4.74 Å². The minimum absolute atomic E-state index is 0.0229. The molecule has 1 aromatic heterocycles. The molecule has 2 bridgehead atoms. The Hall–Kier alpha value is -2.28. The maximum absolute atomic E-state index is 14.2. The molecule has 2 aromatic rings. The number of hydrogen-bond acceptors (Lipinski definition) is 3. The van der Waals surface area contributed by atoms with Gasteiger partial charge < -0.3 is 9.64 Å². The average molecular weight is 333 g/mol. The minimum Gasteiger partial charge on any atom is -0.377 e. The van der Waals surface area contributed by atoms with E-state index in [0.29, 0.717) is 13.2 Å². The summed E-state index contributed by atoms with van der Waals surface area (Å²) in [6, 6.07) is 3.67. The van der Waals surface area contributed by atoms with Crippen LogP contribution in [0.4, 0.5) is 8.78 Å². The van der Waals surface area contributed by atoms with Gasteiger partial charge in [-0.25, -0.2) is 8.78 Å². The summed E-state index contributed by atoms with van der Waals surface area (Å²) < 4.78 is 35.2. The Morgan fingerprint density at radius 2 is 1.83 bits per heavy atom. The third-order valence-electron chi connectivity index (χ3n) is 4.73. The van der Waals surface area contributed by atoms with Crippen molar-refractivity contribution in [1.29, 1.82) is 0 Å². The van der Waals surface area contributed by atoms with Crippen molar-refractivity contribution in [2.75, 3.05) is 13.2 Å². The molecule has 4 rings (SSSR count). The Labute approximate surface area is 137 Å². The van der Waals surface area contributed by atoms with Crippen molar-refractivity contribution in [1.82, 2.24) is 14.7 Å². The highest BCUT2D eigenvalue weighted by atomic mass is 19.1. The molecular formula is C17H17F2N3O2. The second-order valence-electron chi connectivity index (χ2n) is 6.30. The summed E-state index contributed by atoms with van der Waals surface area (Å²) in [6.45, 7) is 1.01. The number of halogens is 2. The van der Waals surface area contributed by atoms with E-state index in [1.165, 1.54) is 29.1 Å². The van der Waals surface area contributed by atoms with Crippen molar-refractivity contribution in [2.24, 2.45) is 7.05 Å². The number of nitrogens with zero attached hydrogens (tertiary/aromatic N) is 3. The summed E-state index contributed by atoms with van der Waals surface area (Å²) >= 11 is 0. The molecule has 126 valence electrons. The zero-order valence-electron chi connectivity index (χ0n) is 13.2. The molecule has 2 aliphatic heterocycles. The van der Waals surface area contributed by atoms with Crippen molar-refractivity contribution in [3.8, 4) is 11.3 Å². The van der Waals surface area contributed by atoms with Gasteiger partial charge in [-0.2, -0.15) is 5.10 Å². The molecule has 24 heavy (non-hydrogen) atoms. The van der Waals surface area contributed by atoms with E-state index in [9.17, 15) is 13.6 Å². The van der Waals surface area contributed by atoms with E-state index in [0.717, 1.165) is 12.8 Å². The number of hydrogen-bond donors (Lipinski definition) is 0. The predicted octanol–water partition coefficient (Wildman–Crippen LogP) is 2.37. The van der Waals surface area contributed by atoms with Gasteiger partial charge in [0.25, 0.3) is 5.91 Å². The average Bonchev–Trinajstić information content (AvgIpc) is 3.04. The van der Waals surface area contributed by atoms with Crippen LogP contribution in [0, 0.1) is 11.6 Å².